The number of nitrogens with two attached hydrogens (primary N) is 2. The van der Waals surface area contributed by atoms with Crippen LogP contribution in [-0.4, -0.2) is 6.17 Å². The predicted molar refractivity (Wildman–Crippen MR) is 52.6 cm³/mol. The number of allylic oxidation sites excluding steroid dienone is 1. The summed E-state index contributed by atoms with van der Waals surface area (Å²) in [4.78, 5) is 0. The van der Waals surface area contributed by atoms with Crippen LogP contribution in [0.2, 0.25) is 0 Å². The Morgan fingerprint density at radius 2 is 1.92 bits per heavy atom. The van der Waals surface area contributed by atoms with Crippen molar-refractivity contribution in [3.8, 4) is 0 Å². The summed E-state index contributed by atoms with van der Waals surface area (Å²) in [6.45, 7) is 0. The lowest BCUT2D eigenvalue weighted by Crippen LogP contribution is -2.30. The van der Waals surface area contributed by atoms with Crippen LogP contribution in [0.15, 0.2) is 11.6 Å². The molecule has 0 unspecified atom stereocenters. The largest absolute Gasteiger partial charge is 0.316 e. The van der Waals surface area contributed by atoms with Crippen molar-refractivity contribution >= 4 is 0 Å². The number of hydrogen-bond donors (Lipinski definition) is 2. The second-order valence-electron chi connectivity index (χ2n) is 3.68. The lowest BCUT2D eigenvalue weighted by atomic mass is 9.97. The summed E-state index contributed by atoms with van der Waals surface area (Å²) in [6, 6.07) is 0. The first-order chi connectivity index (χ1) is 5.79. The molecule has 0 aromatic rings. The highest BCUT2D eigenvalue weighted by Crippen LogP contribution is 2.19. The molecule has 0 amide bonds. The highest BCUT2D eigenvalue weighted by Gasteiger charge is 2.03. The van der Waals surface area contributed by atoms with Gasteiger partial charge in [0.25, 0.3) is 0 Å². The first-order valence-corrected chi connectivity index (χ1v) is 4.98. The highest BCUT2D eigenvalue weighted by atomic mass is 14.8. The second kappa shape index (κ2) is 5.33. The normalized spacial score (nSPS) is 24.4. The van der Waals surface area contributed by atoms with Crippen LogP contribution in [0, 0.1) is 0 Å². The first kappa shape index (κ1) is 9.75. The van der Waals surface area contributed by atoms with Crippen LogP contribution in [0.3, 0.4) is 0 Å². The van der Waals surface area contributed by atoms with E-state index in [4.69, 9.17) is 11.5 Å². The molecule has 2 heteroatoms. The molecule has 0 aromatic carbocycles. The van der Waals surface area contributed by atoms with Crippen molar-refractivity contribution in [2.45, 2.75) is 51.1 Å². The van der Waals surface area contributed by atoms with Gasteiger partial charge in [-0.3, -0.25) is 0 Å². The Kier molecular flexibility index (Phi) is 4.33. The molecule has 1 rings (SSSR count). The maximum Gasteiger partial charge on any atom is 0.0559 e. The zero-order valence-electron chi connectivity index (χ0n) is 7.76. The molecule has 1 aliphatic rings. The lowest BCUT2D eigenvalue weighted by Gasteiger charge is -2.12. The predicted octanol–water partition coefficient (Wildman–Crippen LogP) is 1.90. The number of hydrogen-bond acceptors (Lipinski definition) is 2. The zero-order chi connectivity index (χ0) is 8.81. The van der Waals surface area contributed by atoms with Gasteiger partial charge in [0.15, 0.2) is 0 Å². The Hall–Kier alpha value is -0.340. The Morgan fingerprint density at radius 1 is 1.17 bits per heavy atom. The van der Waals surface area contributed by atoms with Crippen LogP contribution in [0.1, 0.15) is 44.9 Å². The standard InChI is InChI=1S/C10H20N2/c11-10(12)8-9-6-4-2-1-3-5-7-9/h6,10H,1-5,7-8,11-12H2/b9-6+. The second-order valence-corrected chi connectivity index (χ2v) is 3.68. The molecular formula is C10H20N2. The summed E-state index contributed by atoms with van der Waals surface area (Å²) in [7, 11) is 0. The fraction of sp³-hybridized carbons (Fsp3) is 0.800. The molecule has 0 saturated heterocycles. The molecule has 1 aliphatic carbocycles. The van der Waals surface area contributed by atoms with Gasteiger partial charge in [-0.25, -0.2) is 0 Å². The van der Waals surface area contributed by atoms with Crippen molar-refractivity contribution in [1.82, 2.24) is 0 Å². The van der Waals surface area contributed by atoms with Gasteiger partial charge in [0.2, 0.25) is 0 Å². The van der Waals surface area contributed by atoms with Gasteiger partial charge >= 0.3 is 0 Å². The van der Waals surface area contributed by atoms with Crippen LogP contribution in [-0.2, 0) is 0 Å². The molecule has 0 aromatic heterocycles. The molecule has 0 fully saturated rings. The molecule has 0 saturated carbocycles. The fourth-order valence-electron chi connectivity index (χ4n) is 1.75. The van der Waals surface area contributed by atoms with Crippen LogP contribution < -0.4 is 11.5 Å². The minimum atomic E-state index is -0.157. The SMILES string of the molecule is NC(N)C/C1=C/CCCCCC1. The van der Waals surface area contributed by atoms with Gasteiger partial charge in [-0.2, -0.15) is 0 Å². The summed E-state index contributed by atoms with van der Waals surface area (Å²) in [5, 5.41) is 0. The van der Waals surface area contributed by atoms with Gasteiger partial charge in [-0.15, -0.1) is 0 Å². The summed E-state index contributed by atoms with van der Waals surface area (Å²) >= 11 is 0. The molecule has 0 bridgehead atoms. The molecule has 2 nitrogen and oxygen atoms in total. The molecule has 70 valence electrons. The average molecular weight is 168 g/mol. The molecule has 0 heterocycles. The third-order valence-corrected chi connectivity index (χ3v) is 2.38. The van der Waals surface area contributed by atoms with Gasteiger partial charge in [-0.05, 0) is 32.1 Å². The molecule has 4 N–H and O–H groups in total. The smallest absolute Gasteiger partial charge is 0.0559 e. The van der Waals surface area contributed by atoms with E-state index in [2.05, 4.69) is 6.08 Å². The van der Waals surface area contributed by atoms with Crippen molar-refractivity contribution in [3.05, 3.63) is 11.6 Å². The van der Waals surface area contributed by atoms with Crippen molar-refractivity contribution in [2.75, 3.05) is 0 Å². The monoisotopic (exact) mass is 168 g/mol. The van der Waals surface area contributed by atoms with E-state index in [-0.39, 0.29) is 6.17 Å². The third kappa shape index (κ3) is 3.88. The van der Waals surface area contributed by atoms with Gasteiger partial charge in [0.05, 0.1) is 6.17 Å². The van der Waals surface area contributed by atoms with Crippen LogP contribution in [0.25, 0.3) is 0 Å². The van der Waals surface area contributed by atoms with Gasteiger partial charge in [0, 0.05) is 0 Å². The summed E-state index contributed by atoms with van der Waals surface area (Å²) in [6.07, 6.45) is 10.9. The quantitative estimate of drug-likeness (QED) is 0.489. The summed E-state index contributed by atoms with van der Waals surface area (Å²) in [5.74, 6) is 0. The Morgan fingerprint density at radius 3 is 2.67 bits per heavy atom. The van der Waals surface area contributed by atoms with Crippen molar-refractivity contribution in [2.24, 2.45) is 11.5 Å². The Bertz CT molecular complexity index is 150. The molecule has 0 atom stereocenters. The van der Waals surface area contributed by atoms with E-state index in [1.165, 1.54) is 44.1 Å². The molecule has 0 spiro atoms. The van der Waals surface area contributed by atoms with E-state index in [1.54, 1.807) is 0 Å². The number of rotatable bonds is 2. The van der Waals surface area contributed by atoms with Crippen LogP contribution in [0.4, 0.5) is 0 Å². The van der Waals surface area contributed by atoms with E-state index in [9.17, 15) is 0 Å². The highest BCUT2D eigenvalue weighted by molar-refractivity contribution is 5.04. The first-order valence-electron chi connectivity index (χ1n) is 4.98. The van der Waals surface area contributed by atoms with Crippen LogP contribution >= 0.6 is 0 Å². The minimum Gasteiger partial charge on any atom is -0.316 e. The average Bonchev–Trinajstić information content (AvgIpc) is 1.93. The third-order valence-electron chi connectivity index (χ3n) is 2.38. The van der Waals surface area contributed by atoms with Crippen LogP contribution in [0.5, 0.6) is 0 Å². The maximum atomic E-state index is 5.55. The summed E-state index contributed by atoms with van der Waals surface area (Å²) in [5.41, 5.74) is 12.6. The van der Waals surface area contributed by atoms with Crippen molar-refractivity contribution in [1.29, 1.82) is 0 Å². The van der Waals surface area contributed by atoms with Crippen molar-refractivity contribution < 1.29 is 0 Å². The Labute approximate surface area is 75.0 Å². The van der Waals surface area contributed by atoms with E-state index < -0.39 is 0 Å². The molecular weight excluding hydrogens is 148 g/mol. The van der Waals surface area contributed by atoms with Gasteiger partial charge < -0.3 is 11.5 Å². The lowest BCUT2D eigenvalue weighted by molar-refractivity contribution is 0.593. The molecule has 0 aliphatic heterocycles. The maximum absolute atomic E-state index is 5.55. The van der Waals surface area contributed by atoms with E-state index in [0.717, 1.165) is 6.42 Å². The van der Waals surface area contributed by atoms with Crippen molar-refractivity contribution in [3.63, 3.8) is 0 Å². The topological polar surface area (TPSA) is 52.0 Å². The summed E-state index contributed by atoms with van der Waals surface area (Å²) < 4.78 is 0. The fourth-order valence-corrected chi connectivity index (χ4v) is 1.75. The van der Waals surface area contributed by atoms with E-state index >= 15 is 0 Å². The molecule has 0 radical (unpaired) electrons. The zero-order valence-corrected chi connectivity index (χ0v) is 7.76. The van der Waals surface area contributed by atoms with E-state index in [0.29, 0.717) is 0 Å². The van der Waals surface area contributed by atoms with Gasteiger partial charge in [0.1, 0.15) is 0 Å². The minimum absolute atomic E-state index is 0.157. The molecule has 12 heavy (non-hydrogen) atoms. The van der Waals surface area contributed by atoms with E-state index in [1.807, 2.05) is 0 Å². The van der Waals surface area contributed by atoms with Gasteiger partial charge in [-0.1, -0.05) is 24.5 Å². The Balaban J connectivity index is 2.36.